The van der Waals surface area contributed by atoms with Crippen molar-refractivity contribution in [2.75, 3.05) is 24.6 Å². The molecule has 0 spiro atoms. The van der Waals surface area contributed by atoms with Crippen LogP contribution in [0.2, 0.25) is 0 Å². The standard InChI is InChI=1S/C24H29N5O3/c1-3-9-28(14-17-5-6-17)23-12-20(25-16-26-23)22(30)11-18-7-8-21-19(10-18)13-27-29(21)15-24(31)32-4-2/h7-8,10,12-13,16-17H,3-6,9,11,14-15H2,1-2H3. The highest BCUT2D eigenvalue weighted by molar-refractivity contribution is 5.96. The second-order valence-corrected chi connectivity index (χ2v) is 8.25. The molecule has 0 saturated heterocycles. The average molecular weight is 436 g/mol. The Morgan fingerprint density at radius 2 is 2.03 bits per heavy atom. The van der Waals surface area contributed by atoms with Gasteiger partial charge < -0.3 is 9.64 Å². The summed E-state index contributed by atoms with van der Waals surface area (Å²) in [7, 11) is 0. The first-order valence-corrected chi connectivity index (χ1v) is 11.3. The molecular formula is C24H29N5O3. The van der Waals surface area contributed by atoms with Crippen LogP contribution >= 0.6 is 0 Å². The van der Waals surface area contributed by atoms with Crippen molar-refractivity contribution >= 4 is 28.5 Å². The molecule has 3 aromatic rings. The molecule has 1 aromatic carbocycles. The molecule has 0 amide bonds. The zero-order valence-corrected chi connectivity index (χ0v) is 18.7. The molecule has 1 aliphatic rings. The lowest BCUT2D eigenvalue weighted by Gasteiger charge is -2.23. The zero-order valence-electron chi connectivity index (χ0n) is 18.7. The molecule has 4 rings (SSSR count). The number of carbonyl (C=O) groups excluding carboxylic acids is 2. The number of hydrogen-bond donors (Lipinski definition) is 0. The number of rotatable bonds is 11. The van der Waals surface area contributed by atoms with Crippen molar-refractivity contribution in [3.63, 3.8) is 0 Å². The van der Waals surface area contributed by atoms with E-state index in [1.807, 2.05) is 24.3 Å². The molecule has 1 fully saturated rings. The summed E-state index contributed by atoms with van der Waals surface area (Å²) in [6, 6.07) is 7.52. The number of carbonyl (C=O) groups is 2. The van der Waals surface area contributed by atoms with Gasteiger partial charge in [0.15, 0.2) is 5.78 Å². The van der Waals surface area contributed by atoms with E-state index in [-0.39, 0.29) is 24.7 Å². The first kappa shape index (κ1) is 21.9. The molecule has 0 aliphatic heterocycles. The van der Waals surface area contributed by atoms with E-state index in [0.717, 1.165) is 47.7 Å². The van der Waals surface area contributed by atoms with Crippen LogP contribution in [-0.2, 0) is 22.5 Å². The smallest absolute Gasteiger partial charge is 0.327 e. The van der Waals surface area contributed by atoms with Crippen LogP contribution in [0.1, 0.15) is 49.2 Å². The predicted octanol–water partition coefficient (Wildman–Crippen LogP) is 3.44. The molecule has 1 saturated carbocycles. The van der Waals surface area contributed by atoms with Crippen molar-refractivity contribution in [1.29, 1.82) is 0 Å². The van der Waals surface area contributed by atoms with Gasteiger partial charge in [-0.05, 0) is 49.8 Å². The quantitative estimate of drug-likeness (QED) is 0.337. The van der Waals surface area contributed by atoms with Gasteiger partial charge in [0.2, 0.25) is 0 Å². The molecular weight excluding hydrogens is 406 g/mol. The molecule has 8 nitrogen and oxygen atoms in total. The normalized spacial score (nSPS) is 13.3. The summed E-state index contributed by atoms with van der Waals surface area (Å²) in [5.41, 5.74) is 2.14. The Hall–Kier alpha value is -3.29. The molecule has 1 aliphatic carbocycles. The molecule has 0 bridgehead atoms. The van der Waals surface area contributed by atoms with Gasteiger partial charge in [0, 0.05) is 31.0 Å². The summed E-state index contributed by atoms with van der Waals surface area (Å²) in [6.45, 7) is 6.24. The topological polar surface area (TPSA) is 90.2 Å². The number of fused-ring (bicyclic) bond motifs is 1. The van der Waals surface area contributed by atoms with Crippen LogP contribution in [0.3, 0.4) is 0 Å². The summed E-state index contributed by atoms with van der Waals surface area (Å²) >= 11 is 0. The fraction of sp³-hybridized carbons (Fsp3) is 0.458. The van der Waals surface area contributed by atoms with E-state index in [4.69, 9.17) is 4.74 Å². The van der Waals surface area contributed by atoms with E-state index in [1.165, 1.54) is 19.2 Å². The monoisotopic (exact) mass is 435 g/mol. The highest BCUT2D eigenvalue weighted by Gasteiger charge is 2.25. The van der Waals surface area contributed by atoms with Gasteiger partial charge in [-0.3, -0.25) is 14.3 Å². The number of ketones is 1. The number of ether oxygens (including phenoxy) is 1. The summed E-state index contributed by atoms with van der Waals surface area (Å²) < 4.78 is 6.60. The van der Waals surface area contributed by atoms with Crippen molar-refractivity contribution in [2.45, 2.75) is 46.1 Å². The number of esters is 1. The Morgan fingerprint density at radius 1 is 1.19 bits per heavy atom. The number of hydrogen-bond acceptors (Lipinski definition) is 7. The van der Waals surface area contributed by atoms with Gasteiger partial charge in [-0.15, -0.1) is 0 Å². The second-order valence-electron chi connectivity index (χ2n) is 8.25. The first-order valence-electron chi connectivity index (χ1n) is 11.3. The molecule has 0 unspecified atom stereocenters. The van der Waals surface area contributed by atoms with E-state index >= 15 is 0 Å². The van der Waals surface area contributed by atoms with Gasteiger partial charge in [-0.25, -0.2) is 9.97 Å². The molecule has 0 N–H and O–H groups in total. The molecule has 8 heteroatoms. The highest BCUT2D eigenvalue weighted by atomic mass is 16.5. The molecule has 2 aromatic heterocycles. The molecule has 0 atom stereocenters. The SMILES string of the molecule is CCCN(CC1CC1)c1cc(C(=O)Cc2ccc3c(cnn3CC(=O)OCC)c2)ncn1. The number of benzene rings is 1. The van der Waals surface area contributed by atoms with E-state index in [1.54, 1.807) is 17.8 Å². The summed E-state index contributed by atoms with van der Waals surface area (Å²) in [5.74, 6) is 1.20. The Balaban J connectivity index is 1.47. The second kappa shape index (κ2) is 9.89. The first-order chi connectivity index (χ1) is 15.6. The van der Waals surface area contributed by atoms with Gasteiger partial charge in [-0.1, -0.05) is 13.0 Å². The molecule has 32 heavy (non-hydrogen) atoms. The summed E-state index contributed by atoms with van der Waals surface area (Å²) in [6.07, 6.45) is 7.01. The van der Waals surface area contributed by atoms with Crippen molar-refractivity contribution in [1.82, 2.24) is 19.7 Å². The van der Waals surface area contributed by atoms with Gasteiger partial charge in [-0.2, -0.15) is 5.10 Å². The van der Waals surface area contributed by atoms with Crippen LogP contribution in [-0.4, -0.2) is 51.2 Å². The fourth-order valence-corrected chi connectivity index (χ4v) is 3.83. The third-order valence-electron chi connectivity index (χ3n) is 5.59. The zero-order chi connectivity index (χ0) is 22.5. The number of nitrogens with zero attached hydrogens (tertiary/aromatic N) is 5. The van der Waals surface area contributed by atoms with Crippen molar-refractivity contribution in [3.05, 3.63) is 48.0 Å². The minimum absolute atomic E-state index is 0.0465. The van der Waals surface area contributed by atoms with E-state index in [0.29, 0.717) is 12.3 Å². The Labute approximate surface area is 187 Å². The third-order valence-corrected chi connectivity index (χ3v) is 5.59. The summed E-state index contributed by atoms with van der Waals surface area (Å²) in [4.78, 5) is 35.6. The number of anilines is 1. The molecule has 0 radical (unpaired) electrons. The predicted molar refractivity (Wildman–Crippen MR) is 122 cm³/mol. The van der Waals surface area contributed by atoms with Crippen LogP contribution in [0.25, 0.3) is 10.9 Å². The maximum Gasteiger partial charge on any atom is 0.327 e. The van der Waals surface area contributed by atoms with Crippen LogP contribution in [0, 0.1) is 5.92 Å². The lowest BCUT2D eigenvalue weighted by Crippen LogP contribution is -2.27. The third kappa shape index (κ3) is 5.30. The fourth-order valence-electron chi connectivity index (χ4n) is 3.83. The maximum atomic E-state index is 12.9. The van der Waals surface area contributed by atoms with E-state index < -0.39 is 0 Å². The highest BCUT2D eigenvalue weighted by Crippen LogP contribution is 2.31. The van der Waals surface area contributed by atoms with Crippen molar-refractivity contribution in [2.24, 2.45) is 5.92 Å². The average Bonchev–Trinajstić information content (AvgIpc) is 3.53. The van der Waals surface area contributed by atoms with Crippen LogP contribution in [0.5, 0.6) is 0 Å². The minimum atomic E-state index is -0.324. The van der Waals surface area contributed by atoms with Gasteiger partial charge >= 0.3 is 5.97 Å². The largest absolute Gasteiger partial charge is 0.465 e. The van der Waals surface area contributed by atoms with Crippen LogP contribution in [0.4, 0.5) is 5.82 Å². The Morgan fingerprint density at radius 3 is 2.78 bits per heavy atom. The van der Waals surface area contributed by atoms with Crippen LogP contribution < -0.4 is 4.90 Å². The van der Waals surface area contributed by atoms with Gasteiger partial charge in [0.05, 0.1) is 18.3 Å². The lowest BCUT2D eigenvalue weighted by atomic mass is 10.0. The Kier molecular flexibility index (Phi) is 6.78. The molecule has 168 valence electrons. The minimum Gasteiger partial charge on any atom is -0.465 e. The molecule has 2 heterocycles. The van der Waals surface area contributed by atoms with Crippen molar-refractivity contribution < 1.29 is 14.3 Å². The number of Topliss-reactive ketones (excluding diaryl/α,β-unsaturated/α-hetero) is 1. The maximum absolute atomic E-state index is 12.9. The lowest BCUT2D eigenvalue weighted by molar-refractivity contribution is -0.143. The van der Waals surface area contributed by atoms with Crippen LogP contribution in [0.15, 0.2) is 36.8 Å². The van der Waals surface area contributed by atoms with Gasteiger partial charge in [0.1, 0.15) is 24.4 Å². The Bertz CT molecular complexity index is 1110. The van der Waals surface area contributed by atoms with E-state index in [9.17, 15) is 9.59 Å². The van der Waals surface area contributed by atoms with Gasteiger partial charge in [0.25, 0.3) is 0 Å². The van der Waals surface area contributed by atoms with Crippen molar-refractivity contribution in [3.8, 4) is 0 Å². The van der Waals surface area contributed by atoms with E-state index in [2.05, 4.69) is 26.9 Å². The number of aromatic nitrogens is 4. The summed E-state index contributed by atoms with van der Waals surface area (Å²) in [5, 5.41) is 5.15.